The summed E-state index contributed by atoms with van der Waals surface area (Å²) in [7, 11) is 0. The number of benzene rings is 3. The number of aryl methyl sites for hydroxylation is 1. The highest BCUT2D eigenvalue weighted by Crippen LogP contribution is 2.36. The lowest BCUT2D eigenvalue weighted by atomic mass is 10.0. The van der Waals surface area contributed by atoms with Crippen molar-refractivity contribution in [3.63, 3.8) is 0 Å². The topological polar surface area (TPSA) is 12.4 Å². The lowest BCUT2D eigenvalue weighted by molar-refractivity contribution is 1.28. The first-order valence-corrected chi connectivity index (χ1v) is 10.1. The van der Waals surface area contributed by atoms with Crippen LogP contribution in [-0.2, 0) is 0 Å². The zero-order valence-electron chi connectivity index (χ0n) is 14.4. The summed E-state index contributed by atoms with van der Waals surface area (Å²) in [6.07, 6.45) is 0. The Hall–Kier alpha value is -1.84. The standard InChI is InChI=1S/C22H20BrNS/c1-3-25-20-15-19(23)14-16(2)21(20)24-22(17-10-6-4-7-11-17)18-12-8-5-9-13-18/h4-15H,3H2,1-2H3. The summed E-state index contributed by atoms with van der Waals surface area (Å²) in [6.45, 7) is 4.29. The van der Waals surface area contributed by atoms with E-state index in [0.29, 0.717) is 0 Å². The van der Waals surface area contributed by atoms with Gasteiger partial charge in [0, 0.05) is 20.5 Å². The van der Waals surface area contributed by atoms with Gasteiger partial charge >= 0.3 is 0 Å². The zero-order chi connectivity index (χ0) is 17.6. The Bertz CT molecular complexity index is 832. The van der Waals surface area contributed by atoms with E-state index in [0.717, 1.165) is 32.8 Å². The van der Waals surface area contributed by atoms with Gasteiger partial charge in [0.25, 0.3) is 0 Å². The smallest absolute Gasteiger partial charge is 0.0803 e. The summed E-state index contributed by atoms with van der Waals surface area (Å²) >= 11 is 5.44. The third-order valence-corrected chi connectivity index (χ3v) is 5.22. The van der Waals surface area contributed by atoms with Crippen LogP contribution >= 0.6 is 27.7 Å². The van der Waals surface area contributed by atoms with Gasteiger partial charge in [0.2, 0.25) is 0 Å². The van der Waals surface area contributed by atoms with Gasteiger partial charge in [0.1, 0.15) is 0 Å². The van der Waals surface area contributed by atoms with Gasteiger partial charge in [0.15, 0.2) is 0 Å². The van der Waals surface area contributed by atoms with Crippen molar-refractivity contribution in [2.75, 3.05) is 5.75 Å². The van der Waals surface area contributed by atoms with Crippen molar-refractivity contribution in [2.45, 2.75) is 18.7 Å². The third kappa shape index (κ3) is 4.42. The molecule has 0 saturated heterocycles. The Kier molecular flexibility index (Phi) is 6.11. The maximum Gasteiger partial charge on any atom is 0.0803 e. The van der Waals surface area contributed by atoms with Crippen molar-refractivity contribution in [3.8, 4) is 0 Å². The first kappa shape index (κ1) is 18.0. The largest absolute Gasteiger partial charge is 0.246 e. The molecule has 0 spiro atoms. The molecule has 0 saturated carbocycles. The summed E-state index contributed by atoms with van der Waals surface area (Å²) in [6, 6.07) is 25.1. The van der Waals surface area contributed by atoms with E-state index in [1.807, 2.05) is 23.9 Å². The lowest BCUT2D eigenvalue weighted by Gasteiger charge is -2.13. The Morgan fingerprint density at radius 3 is 2.00 bits per heavy atom. The molecule has 0 atom stereocenters. The molecule has 0 bridgehead atoms. The van der Waals surface area contributed by atoms with Crippen molar-refractivity contribution < 1.29 is 0 Å². The molecule has 25 heavy (non-hydrogen) atoms. The normalized spacial score (nSPS) is 10.5. The molecule has 3 aromatic rings. The second kappa shape index (κ2) is 8.50. The average molecular weight is 410 g/mol. The van der Waals surface area contributed by atoms with Crippen molar-refractivity contribution in [1.29, 1.82) is 0 Å². The monoisotopic (exact) mass is 409 g/mol. The summed E-state index contributed by atoms with van der Waals surface area (Å²) in [5, 5.41) is 0. The lowest BCUT2D eigenvalue weighted by Crippen LogP contribution is -2.03. The van der Waals surface area contributed by atoms with Gasteiger partial charge in [-0.2, -0.15) is 0 Å². The number of thioether (sulfide) groups is 1. The van der Waals surface area contributed by atoms with E-state index in [2.05, 4.69) is 90.4 Å². The van der Waals surface area contributed by atoms with Gasteiger partial charge in [-0.25, -0.2) is 4.99 Å². The average Bonchev–Trinajstić information content (AvgIpc) is 2.63. The van der Waals surface area contributed by atoms with Crippen LogP contribution in [0.3, 0.4) is 0 Å². The number of hydrogen-bond donors (Lipinski definition) is 0. The number of hydrogen-bond acceptors (Lipinski definition) is 2. The zero-order valence-corrected chi connectivity index (χ0v) is 16.8. The summed E-state index contributed by atoms with van der Waals surface area (Å²) in [5.74, 6) is 1.02. The van der Waals surface area contributed by atoms with Crippen LogP contribution in [0.1, 0.15) is 23.6 Å². The highest BCUT2D eigenvalue weighted by molar-refractivity contribution is 9.10. The predicted octanol–water partition coefficient (Wildman–Crippen LogP) is 7.04. The molecular formula is C22H20BrNS. The molecule has 3 heteroatoms. The molecule has 0 aliphatic carbocycles. The van der Waals surface area contributed by atoms with E-state index in [1.165, 1.54) is 10.5 Å². The summed E-state index contributed by atoms with van der Waals surface area (Å²) in [5.41, 5.74) is 5.49. The molecule has 0 N–H and O–H groups in total. The fourth-order valence-electron chi connectivity index (χ4n) is 2.71. The van der Waals surface area contributed by atoms with Crippen LogP contribution in [0.2, 0.25) is 0 Å². The van der Waals surface area contributed by atoms with Gasteiger partial charge in [0.05, 0.1) is 11.4 Å². The molecule has 0 radical (unpaired) electrons. The Morgan fingerprint density at radius 2 is 1.48 bits per heavy atom. The molecule has 0 aliphatic heterocycles. The first-order valence-electron chi connectivity index (χ1n) is 8.31. The van der Waals surface area contributed by atoms with Crippen molar-refractivity contribution in [2.24, 2.45) is 4.99 Å². The Morgan fingerprint density at radius 1 is 0.920 bits per heavy atom. The number of aliphatic imine (C=N–C) groups is 1. The fourth-order valence-corrected chi connectivity index (χ4v) is 4.30. The molecular weight excluding hydrogens is 390 g/mol. The molecule has 0 unspecified atom stereocenters. The van der Waals surface area contributed by atoms with Crippen LogP contribution in [0.25, 0.3) is 0 Å². The van der Waals surface area contributed by atoms with E-state index in [4.69, 9.17) is 4.99 Å². The number of nitrogens with zero attached hydrogens (tertiary/aromatic N) is 1. The van der Waals surface area contributed by atoms with Crippen LogP contribution in [0.5, 0.6) is 0 Å². The quantitative estimate of drug-likeness (QED) is 0.325. The van der Waals surface area contributed by atoms with Crippen molar-refractivity contribution >= 4 is 39.1 Å². The molecule has 1 nitrogen and oxygen atoms in total. The van der Waals surface area contributed by atoms with Gasteiger partial charge in [-0.15, -0.1) is 11.8 Å². The molecule has 0 aromatic heterocycles. The minimum atomic E-state index is 1.00. The SMILES string of the molecule is CCSc1cc(Br)cc(C)c1N=C(c1ccccc1)c1ccccc1. The first-order chi connectivity index (χ1) is 12.2. The Labute approximate surface area is 162 Å². The minimum absolute atomic E-state index is 1.00. The van der Waals surface area contributed by atoms with Gasteiger partial charge in [-0.1, -0.05) is 83.5 Å². The molecule has 126 valence electrons. The highest BCUT2D eigenvalue weighted by atomic mass is 79.9. The third-order valence-electron chi connectivity index (χ3n) is 3.85. The van der Waals surface area contributed by atoms with Crippen LogP contribution in [0.15, 0.2) is 87.2 Å². The van der Waals surface area contributed by atoms with E-state index in [1.54, 1.807) is 0 Å². The van der Waals surface area contributed by atoms with E-state index in [9.17, 15) is 0 Å². The molecule has 3 aromatic carbocycles. The van der Waals surface area contributed by atoms with Crippen LogP contribution < -0.4 is 0 Å². The fraction of sp³-hybridized carbons (Fsp3) is 0.136. The van der Waals surface area contributed by atoms with Gasteiger partial charge < -0.3 is 0 Å². The predicted molar refractivity (Wildman–Crippen MR) is 113 cm³/mol. The summed E-state index contributed by atoms with van der Waals surface area (Å²) < 4.78 is 1.10. The van der Waals surface area contributed by atoms with Crippen molar-refractivity contribution in [1.82, 2.24) is 0 Å². The van der Waals surface area contributed by atoms with Crippen LogP contribution in [0.4, 0.5) is 5.69 Å². The molecule has 0 amide bonds. The number of rotatable bonds is 5. The van der Waals surface area contributed by atoms with Gasteiger partial charge in [-0.05, 0) is 30.4 Å². The highest BCUT2D eigenvalue weighted by Gasteiger charge is 2.12. The molecule has 0 heterocycles. The van der Waals surface area contributed by atoms with Crippen LogP contribution in [-0.4, -0.2) is 11.5 Å². The van der Waals surface area contributed by atoms with Crippen LogP contribution in [0, 0.1) is 6.92 Å². The maximum atomic E-state index is 5.13. The second-order valence-corrected chi connectivity index (χ2v) is 7.92. The number of halogens is 1. The maximum absolute atomic E-state index is 5.13. The second-order valence-electron chi connectivity index (χ2n) is 5.69. The molecule has 0 fully saturated rings. The minimum Gasteiger partial charge on any atom is -0.246 e. The van der Waals surface area contributed by atoms with Gasteiger partial charge in [-0.3, -0.25) is 0 Å². The Balaban J connectivity index is 2.21. The van der Waals surface area contributed by atoms with Crippen molar-refractivity contribution in [3.05, 3.63) is 94.0 Å². The van der Waals surface area contributed by atoms with E-state index in [-0.39, 0.29) is 0 Å². The molecule has 3 rings (SSSR count). The van der Waals surface area contributed by atoms with E-state index < -0.39 is 0 Å². The summed E-state index contributed by atoms with van der Waals surface area (Å²) in [4.78, 5) is 6.34. The van der Waals surface area contributed by atoms with E-state index >= 15 is 0 Å². The molecule has 0 aliphatic rings.